The van der Waals surface area contributed by atoms with Gasteiger partial charge in [-0.2, -0.15) is 0 Å². The van der Waals surface area contributed by atoms with E-state index < -0.39 is 8.32 Å². The molecule has 130 valence electrons. The monoisotopic (exact) mass is 343 g/mol. The Morgan fingerprint density at radius 1 is 1.12 bits per heavy atom. The first-order chi connectivity index (χ1) is 11.3. The molecule has 2 aliphatic carbocycles. The van der Waals surface area contributed by atoms with E-state index in [4.69, 9.17) is 9.26 Å². The minimum Gasteiger partial charge on any atom is -0.414 e. The van der Waals surface area contributed by atoms with Crippen molar-refractivity contribution in [2.75, 3.05) is 0 Å². The lowest BCUT2D eigenvalue weighted by Gasteiger charge is -2.41. The molecule has 5 atom stereocenters. The molecule has 0 radical (unpaired) electrons. The van der Waals surface area contributed by atoms with Crippen molar-refractivity contribution in [3.63, 3.8) is 0 Å². The van der Waals surface area contributed by atoms with E-state index in [1.54, 1.807) is 0 Å². The predicted octanol–water partition coefficient (Wildman–Crippen LogP) is 4.84. The van der Waals surface area contributed by atoms with Crippen molar-refractivity contribution in [1.29, 1.82) is 0 Å². The summed E-state index contributed by atoms with van der Waals surface area (Å²) in [6.45, 7) is 11.7. The lowest BCUT2D eigenvalue weighted by Crippen LogP contribution is -2.48. The minimum atomic E-state index is -1.73. The molecule has 3 nitrogen and oxygen atoms in total. The van der Waals surface area contributed by atoms with Gasteiger partial charge in [0.25, 0.3) is 0 Å². The zero-order valence-corrected chi connectivity index (χ0v) is 16.5. The van der Waals surface area contributed by atoms with Crippen molar-refractivity contribution in [3.8, 4) is 0 Å². The molecule has 24 heavy (non-hydrogen) atoms. The average molecular weight is 344 g/mol. The molecule has 0 amide bonds. The number of fused-ring (bicyclic) bond motifs is 5. The smallest absolute Gasteiger partial charge is 0.192 e. The Morgan fingerprint density at radius 3 is 2.50 bits per heavy atom. The van der Waals surface area contributed by atoms with Crippen LogP contribution in [0.2, 0.25) is 18.1 Å². The summed E-state index contributed by atoms with van der Waals surface area (Å²) in [5.41, 5.74) is 2.39. The van der Waals surface area contributed by atoms with Gasteiger partial charge >= 0.3 is 0 Å². The highest BCUT2D eigenvalue weighted by atomic mass is 28.4. The maximum Gasteiger partial charge on any atom is 0.192 e. The summed E-state index contributed by atoms with van der Waals surface area (Å²) in [6, 6.07) is 10.5. The maximum atomic E-state index is 6.75. The fraction of sp³-hybridized carbons (Fsp3) is 0.650. The SMILES string of the molecule is CC(C)(C)[Si](C)(C)O[C@H]1C[C@@H]2C[C@H]1[C@H]1ON=C(c3ccccc3)[C@@H]21. The highest BCUT2D eigenvalue weighted by molar-refractivity contribution is 6.74. The first-order valence-electron chi connectivity index (χ1n) is 9.25. The van der Waals surface area contributed by atoms with E-state index in [0.717, 1.165) is 0 Å². The van der Waals surface area contributed by atoms with Gasteiger partial charge in [0.05, 0.1) is 11.8 Å². The molecule has 0 spiro atoms. The third-order valence-corrected chi connectivity index (χ3v) is 11.3. The van der Waals surface area contributed by atoms with Crippen LogP contribution in [-0.4, -0.2) is 26.2 Å². The van der Waals surface area contributed by atoms with Gasteiger partial charge in [0.15, 0.2) is 8.32 Å². The highest BCUT2D eigenvalue weighted by Crippen LogP contribution is 2.55. The van der Waals surface area contributed by atoms with Crippen LogP contribution in [0.3, 0.4) is 0 Å². The third kappa shape index (κ3) is 2.46. The third-order valence-electron chi connectivity index (χ3n) is 6.78. The molecule has 0 aromatic heterocycles. The Morgan fingerprint density at radius 2 is 1.83 bits per heavy atom. The second-order valence-corrected chi connectivity index (χ2v) is 14.0. The van der Waals surface area contributed by atoms with E-state index in [-0.39, 0.29) is 11.1 Å². The fourth-order valence-electron chi connectivity index (χ4n) is 4.49. The van der Waals surface area contributed by atoms with Crippen molar-refractivity contribution in [2.45, 2.75) is 64.0 Å². The number of hydrogen-bond donors (Lipinski definition) is 0. The molecule has 1 aromatic rings. The van der Waals surface area contributed by atoms with Crippen LogP contribution < -0.4 is 0 Å². The topological polar surface area (TPSA) is 30.8 Å². The van der Waals surface area contributed by atoms with Gasteiger partial charge in [-0.3, -0.25) is 0 Å². The van der Waals surface area contributed by atoms with Crippen LogP contribution in [0, 0.1) is 17.8 Å². The summed E-state index contributed by atoms with van der Waals surface area (Å²) in [7, 11) is -1.73. The zero-order valence-electron chi connectivity index (χ0n) is 15.5. The molecule has 3 aliphatic rings. The zero-order chi connectivity index (χ0) is 17.1. The first-order valence-corrected chi connectivity index (χ1v) is 12.2. The van der Waals surface area contributed by atoms with Gasteiger partial charge in [-0.15, -0.1) is 0 Å². The van der Waals surface area contributed by atoms with Crippen LogP contribution in [-0.2, 0) is 9.26 Å². The Balaban J connectivity index is 1.50. The van der Waals surface area contributed by atoms with E-state index in [9.17, 15) is 0 Å². The Bertz CT molecular complexity index is 649. The molecule has 2 fully saturated rings. The van der Waals surface area contributed by atoms with Crippen LogP contribution in [0.4, 0.5) is 0 Å². The molecule has 1 aromatic carbocycles. The largest absolute Gasteiger partial charge is 0.414 e. The normalized spacial score (nSPS) is 34.9. The van der Waals surface area contributed by atoms with Crippen molar-refractivity contribution < 1.29 is 9.26 Å². The molecule has 2 saturated carbocycles. The van der Waals surface area contributed by atoms with E-state index in [0.29, 0.717) is 23.9 Å². The number of nitrogens with zero attached hydrogens (tertiary/aromatic N) is 1. The van der Waals surface area contributed by atoms with Gasteiger partial charge in [0, 0.05) is 11.8 Å². The second kappa shape index (κ2) is 5.43. The first kappa shape index (κ1) is 16.3. The lowest BCUT2D eigenvalue weighted by atomic mass is 9.80. The summed E-state index contributed by atoms with van der Waals surface area (Å²) in [5.74, 6) is 1.65. The quantitative estimate of drug-likeness (QED) is 0.736. The van der Waals surface area contributed by atoms with E-state index in [2.05, 4.69) is 69.4 Å². The number of benzene rings is 1. The van der Waals surface area contributed by atoms with Gasteiger partial charge in [-0.25, -0.2) is 0 Å². The van der Waals surface area contributed by atoms with Crippen molar-refractivity contribution >= 4 is 14.0 Å². The standard InChI is InChI=1S/C20H29NO2Si/c1-20(2,3)24(4,5)23-16-12-14-11-15(16)19-17(14)18(21-22-19)13-9-7-6-8-10-13/h6-10,14-17,19H,11-12H2,1-5H3/t14-,15+,16-,17+,19+/m0/s1. The molecule has 0 N–H and O–H groups in total. The predicted molar refractivity (Wildman–Crippen MR) is 99.6 cm³/mol. The molecule has 0 saturated heterocycles. The van der Waals surface area contributed by atoms with Gasteiger partial charge in [0.1, 0.15) is 6.10 Å². The van der Waals surface area contributed by atoms with Gasteiger partial charge in [0.2, 0.25) is 0 Å². The van der Waals surface area contributed by atoms with Crippen LogP contribution in [0.1, 0.15) is 39.2 Å². The van der Waals surface area contributed by atoms with E-state index >= 15 is 0 Å². The van der Waals surface area contributed by atoms with Crippen LogP contribution in [0.5, 0.6) is 0 Å². The van der Waals surface area contributed by atoms with E-state index in [1.165, 1.54) is 24.1 Å². The van der Waals surface area contributed by atoms with Gasteiger partial charge in [-0.1, -0.05) is 56.3 Å². The van der Waals surface area contributed by atoms with Crippen molar-refractivity contribution in [2.24, 2.45) is 22.9 Å². The Labute approximate surface area is 146 Å². The van der Waals surface area contributed by atoms with E-state index in [1.807, 2.05) is 0 Å². The number of hydrogen-bond acceptors (Lipinski definition) is 3. The van der Waals surface area contributed by atoms with Crippen molar-refractivity contribution in [1.82, 2.24) is 0 Å². The molecule has 2 bridgehead atoms. The summed E-state index contributed by atoms with van der Waals surface area (Å²) in [4.78, 5) is 5.93. The number of oxime groups is 1. The van der Waals surface area contributed by atoms with Gasteiger partial charge < -0.3 is 9.26 Å². The second-order valence-electron chi connectivity index (χ2n) is 9.25. The lowest BCUT2D eigenvalue weighted by molar-refractivity contribution is -0.0218. The molecule has 1 aliphatic heterocycles. The molecule has 4 rings (SSSR count). The van der Waals surface area contributed by atoms with Crippen LogP contribution in [0.25, 0.3) is 0 Å². The van der Waals surface area contributed by atoms with Crippen LogP contribution in [0.15, 0.2) is 35.5 Å². The maximum absolute atomic E-state index is 6.75. The van der Waals surface area contributed by atoms with Crippen LogP contribution >= 0.6 is 0 Å². The summed E-state index contributed by atoms with van der Waals surface area (Å²) in [5, 5.41) is 4.74. The average Bonchev–Trinajstić information content (AvgIpc) is 3.17. The summed E-state index contributed by atoms with van der Waals surface area (Å²) < 4.78 is 6.75. The Kier molecular flexibility index (Phi) is 3.70. The van der Waals surface area contributed by atoms with Crippen molar-refractivity contribution in [3.05, 3.63) is 35.9 Å². The number of rotatable bonds is 3. The minimum absolute atomic E-state index is 0.230. The van der Waals surface area contributed by atoms with Gasteiger partial charge in [-0.05, 0) is 42.5 Å². The molecular weight excluding hydrogens is 314 g/mol. The molecule has 1 heterocycles. The molecule has 4 heteroatoms. The summed E-state index contributed by atoms with van der Waals surface area (Å²) in [6.07, 6.45) is 3.00. The Hall–Kier alpha value is -1.13. The summed E-state index contributed by atoms with van der Waals surface area (Å²) >= 11 is 0. The molecular formula is C20H29NO2Si. The molecule has 0 unspecified atom stereocenters. The highest BCUT2D eigenvalue weighted by Gasteiger charge is 2.60. The fourth-order valence-corrected chi connectivity index (χ4v) is 5.87.